The zero-order chi connectivity index (χ0) is 30.6. The molecule has 214 valence electrons. The molecule has 0 saturated carbocycles. The van der Waals surface area contributed by atoms with Crippen LogP contribution in [0.25, 0.3) is 33.4 Å². The van der Waals surface area contributed by atoms with Crippen LogP contribution in [0, 0.1) is 20.8 Å². The van der Waals surface area contributed by atoms with Gasteiger partial charge >= 0.3 is 11.9 Å². The number of hydrogen-bond acceptors (Lipinski definition) is 5. The summed E-state index contributed by atoms with van der Waals surface area (Å²) in [6.45, 7) is 19.3. The van der Waals surface area contributed by atoms with Gasteiger partial charge in [-0.1, -0.05) is 55.1 Å². The van der Waals surface area contributed by atoms with Gasteiger partial charge in [0, 0.05) is 22.3 Å². The number of hydrogen-bond donors (Lipinski definition) is 0. The van der Waals surface area contributed by atoms with Crippen LogP contribution in [-0.4, -0.2) is 18.5 Å². The van der Waals surface area contributed by atoms with Crippen molar-refractivity contribution in [3.63, 3.8) is 0 Å². The number of aryl methyl sites for hydroxylation is 3. The summed E-state index contributed by atoms with van der Waals surface area (Å²) >= 11 is 0. The molecule has 4 rings (SSSR count). The monoisotopic (exact) mass is 560 g/mol. The number of carbonyl (C=O) groups is 2. The average molecular weight is 561 g/mol. The van der Waals surface area contributed by atoms with Gasteiger partial charge in [0.05, 0.1) is 6.61 Å². The van der Waals surface area contributed by atoms with Crippen LogP contribution < -0.4 is 14.2 Å². The van der Waals surface area contributed by atoms with Gasteiger partial charge in [-0.3, -0.25) is 0 Å². The van der Waals surface area contributed by atoms with Crippen LogP contribution in [0.3, 0.4) is 0 Å². The molecule has 5 heteroatoms. The van der Waals surface area contributed by atoms with E-state index in [0.29, 0.717) is 29.3 Å². The Morgan fingerprint density at radius 2 is 1.05 bits per heavy atom. The number of rotatable bonds is 9. The fraction of sp³-hybridized carbons (Fsp3) is 0.189. The average Bonchev–Trinajstić information content (AvgIpc) is 2.94. The van der Waals surface area contributed by atoms with Gasteiger partial charge in [0.2, 0.25) is 0 Å². The quantitative estimate of drug-likeness (QED) is 0.116. The summed E-state index contributed by atoms with van der Waals surface area (Å²) in [6, 6.07) is 23.4. The van der Waals surface area contributed by atoms with Gasteiger partial charge < -0.3 is 14.2 Å². The van der Waals surface area contributed by atoms with Crippen LogP contribution in [-0.2, 0) is 9.59 Å². The van der Waals surface area contributed by atoms with E-state index in [1.807, 2.05) is 31.2 Å². The normalized spacial score (nSPS) is 10.6. The molecule has 0 atom stereocenters. The van der Waals surface area contributed by atoms with Crippen molar-refractivity contribution >= 4 is 11.9 Å². The van der Waals surface area contributed by atoms with Crippen LogP contribution >= 0.6 is 0 Å². The first-order valence-corrected chi connectivity index (χ1v) is 13.8. The summed E-state index contributed by atoms with van der Waals surface area (Å²) in [5, 5.41) is 0. The summed E-state index contributed by atoms with van der Waals surface area (Å²) in [5.74, 6) is 0.661. The summed E-state index contributed by atoms with van der Waals surface area (Å²) in [7, 11) is 0. The topological polar surface area (TPSA) is 61.8 Å². The Balaban J connectivity index is 1.91. The molecule has 0 amide bonds. The molecule has 0 N–H and O–H groups in total. The Kier molecular flexibility index (Phi) is 9.12. The molecule has 5 nitrogen and oxygen atoms in total. The van der Waals surface area contributed by atoms with Crippen LogP contribution in [0.2, 0.25) is 0 Å². The molecule has 0 aliphatic carbocycles. The van der Waals surface area contributed by atoms with Crippen LogP contribution in [0.15, 0.2) is 97.1 Å². The van der Waals surface area contributed by atoms with Crippen molar-refractivity contribution in [1.82, 2.24) is 0 Å². The smallest absolute Gasteiger partial charge is 0.338 e. The van der Waals surface area contributed by atoms with Gasteiger partial charge in [0.15, 0.2) is 0 Å². The molecule has 0 fully saturated rings. The fourth-order valence-electron chi connectivity index (χ4n) is 4.93. The Bertz CT molecular complexity index is 1560. The lowest BCUT2D eigenvalue weighted by Gasteiger charge is -2.20. The summed E-state index contributed by atoms with van der Waals surface area (Å²) in [4.78, 5) is 24.1. The molecule has 42 heavy (non-hydrogen) atoms. The van der Waals surface area contributed by atoms with Crippen LogP contribution in [0.5, 0.6) is 17.2 Å². The van der Waals surface area contributed by atoms with Gasteiger partial charge in [-0.05, 0) is 111 Å². The van der Waals surface area contributed by atoms with Crippen LogP contribution in [0.1, 0.15) is 37.5 Å². The minimum atomic E-state index is -0.468. The largest absolute Gasteiger partial charge is 0.493 e. The predicted molar refractivity (Wildman–Crippen MR) is 169 cm³/mol. The minimum Gasteiger partial charge on any atom is -0.493 e. The van der Waals surface area contributed by atoms with E-state index >= 15 is 0 Å². The third-order valence-corrected chi connectivity index (χ3v) is 6.79. The number of carbonyl (C=O) groups excluding carboxylic acids is 2. The number of benzene rings is 4. The first kappa shape index (κ1) is 30.1. The molecule has 0 unspecified atom stereocenters. The molecule has 4 aromatic rings. The first-order valence-electron chi connectivity index (χ1n) is 13.8. The van der Waals surface area contributed by atoms with Crippen molar-refractivity contribution in [2.45, 2.75) is 41.5 Å². The second kappa shape index (κ2) is 12.7. The SMILES string of the molecule is C=C(C)C(=O)Oc1ccc(-c2cc(-c3c(C)cc(C)cc3C)cc(-c3ccc(OC(=O)C(=C)C)cc3)c2OCC)cc1. The van der Waals surface area contributed by atoms with Crippen molar-refractivity contribution in [2.24, 2.45) is 0 Å². The third kappa shape index (κ3) is 6.69. The molecule has 0 aromatic heterocycles. The lowest BCUT2D eigenvalue weighted by Crippen LogP contribution is -2.08. The van der Waals surface area contributed by atoms with E-state index in [4.69, 9.17) is 14.2 Å². The highest BCUT2D eigenvalue weighted by molar-refractivity contribution is 5.91. The van der Waals surface area contributed by atoms with E-state index in [1.54, 1.807) is 38.1 Å². The lowest BCUT2D eigenvalue weighted by atomic mass is 9.88. The first-order chi connectivity index (χ1) is 20.0. The van der Waals surface area contributed by atoms with Crippen LogP contribution in [0.4, 0.5) is 0 Å². The molecule has 0 heterocycles. The Hall–Kier alpha value is -4.90. The van der Waals surface area contributed by atoms with Crippen molar-refractivity contribution in [3.8, 4) is 50.6 Å². The molecule has 4 aromatic carbocycles. The maximum Gasteiger partial charge on any atom is 0.338 e. The van der Waals surface area contributed by atoms with E-state index in [2.05, 4.69) is 58.2 Å². The van der Waals surface area contributed by atoms with Crippen molar-refractivity contribution in [3.05, 3.63) is 114 Å². The van der Waals surface area contributed by atoms with Gasteiger partial charge in [0.25, 0.3) is 0 Å². The molecule has 0 radical (unpaired) electrons. The molecule has 0 aliphatic rings. The molecule has 0 spiro atoms. The highest BCUT2D eigenvalue weighted by Crippen LogP contribution is 2.44. The van der Waals surface area contributed by atoms with Crippen molar-refractivity contribution < 1.29 is 23.8 Å². The zero-order valence-electron chi connectivity index (χ0n) is 25.1. The summed E-state index contributed by atoms with van der Waals surface area (Å²) in [5.41, 5.74) is 10.1. The van der Waals surface area contributed by atoms with Gasteiger partial charge in [-0.25, -0.2) is 9.59 Å². The molecule has 0 bridgehead atoms. The summed E-state index contributed by atoms with van der Waals surface area (Å²) in [6.07, 6.45) is 0. The number of esters is 2. The maximum atomic E-state index is 12.0. The highest BCUT2D eigenvalue weighted by Gasteiger charge is 2.19. The standard InChI is InChI=1S/C37H36O5/c1-9-40-35-32(27-10-14-30(15-11-27)41-36(38)22(2)3)20-29(34-25(7)18-24(6)19-26(34)8)21-33(35)28-12-16-31(17-13-28)42-37(39)23(4)5/h10-21H,2,4,9H2,1,3,5-8H3. The predicted octanol–water partition coefficient (Wildman–Crippen LogP) is 8.97. The second-order valence-electron chi connectivity index (χ2n) is 10.5. The number of ether oxygens (including phenoxy) is 3. The van der Waals surface area contributed by atoms with Gasteiger partial charge in [-0.2, -0.15) is 0 Å². The van der Waals surface area contributed by atoms with Gasteiger partial charge in [-0.15, -0.1) is 0 Å². The lowest BCUT2D eigenvalue weighted by molar-refractivity contribution is -0.130. The van der Waals surface area contributed by atoms with Gasteiger partial charge in [0.1, 0.15) is 17.2 Å². The fourth-order valence-corrected chi connectivity index (χ4v) is 4.93. The van der Waals surface area contributed by atoms with E-state index in [-0.39, 0.29) is 0 Å². The third-order valence-electron chi connectivity index (χ3n) is 6.79. The van der Waals surface area contributed by atoms with E-state index in [0.717, 1.165) is 39.1 Å². The Morgan fingerprint density at radius 1 is 0.643 bits per heavy atom. The highest BCUT2D eigenvalue weighted by atomic mass is 16.5. The van der Waals surface area contributed by atoms with E-state index in [9.17, 15) is 9.59 Å². The van der Waals surface area contributed by atoms with Crippen molar-refractivity contribution in [1.29, 1.82) is 0 Å². The summed E-state index contributed by atoms with van der Waals surface area (Å²) < 4.78 is 17.1. The molecular weight excluding hydrogens is 524 g/mol. The molecule has 0 saturated heterocycles. The Morgan fingerprint density at radius 3 is 1.40 bits per heavy atom. The van der Waals surface area contributed by atoms with Crippen molar-refractivity contribution in [2.75, 3.05) is 6.61 Å². The van der Waals surface area contributed by atoms with E-state index < -0.39 is 11.9 Å². The molecule has 0 aliphatic heterocycles. The maximum absolute atomic E-state index is 12.0. The Labute approximate surface area is 248 Å². The second-order valence-corrected chi connectivity index (χ2v) is 10.5. The molecular formula is C37H36O5. The minimum absolute atomic E-state index is 0.333. The zero-order valence-corrected chi connectivity index (χ0v) is 25.1. The van der Waals surface area contributed by atoms with E-state index in [1.165, 1.54) is 16.7 Å².